The van der Waals surface area contributed by atoms with Gasteiger partial charge in [-0.1, -0.05) is 0 Å². The highest BCUT2D eigenvalue weighted by Crippen LogP contribution is 2.36. The summed E-state index contributed by atoms with van der Waals surface area (Å²) in [7, 11) is 1.92. The van der Waals surface area contributed by atoms with Crippen LogP contribution in [0.15, 0.2) is 28.9 Å². The monoisotopic (exact) mass is 353 g/mol. The standard InChI is InChI=1S/C15H20BrN3O2/c1-3-20-14-9-11(10-17)8-13(16)15(14)21-7-5-12-4-6-18-19(12)2/h4,6,8-9H,3,5,7,10,17H2,1-2H3. The zero-order valence-electron chi connectivity index (χ0n) is 12.3. The van der Waals surface area contributed by atoms with Crippen molar-refractivity contribution in [2.24, 2.45) is 12.8 Å². The van der Waals surface area contributed by atoms with Crippen molar-refractivity contribution in [3.05, 3.63) is 40.1 Å². The minimum atomic E-state index is 0.466. The molecule has 2 aromatic rings. The van der Waals surface area contributed by atoms with Crippen LogP contribution >= 0.6 is 15.9 Å². The third-order valence-electron chi connectivity index (χ3n) is 3.13. The predicted molar refractivity (Wildman–Crippen MR) is 85.6 cm³/mol. The van der Waals surface area contributed by atoms with E-state index in [0.717, 1.165) is 33.6 Å². The van der Waals surface area contributed by atoms with E-state index in [1.165, 1.54) is 0 Å². The van der Waals surface area contributed by atoms with E-state index in [1.807, 2.05) is 36.9 Å². The smallest absolute Gasteiger partial charge is 0.175 e. The zero-order chi connectivity index (χ0) is 15.2. The fourth-order valence-electron chi connectivity index (χ4n) is 2.05. The number of benzene rings is 1. The average Bonchev–Trinajstić information content (AvgIpc) is 2.87. The zero-order valence-corrected chi connectivity index (χ0v) is 13.9. The highest BCUT2D eigenvalue weighted by atomic mass is 79.9. The van der Waals surface area contributed by atoms with Crippen molar-refractivity contribution >= 4 is 15.9 Å². The molecule has 0 spiro atoms. The van der Waals surface area contributed by atoms with Crippen molar-refractivity contribution in [1.82, 2.24) is 9.78 Å². The fraction of sp³-hybridized carbons (Fsp3) is 0.400. The molecule has 0 aliphatic rings. The van der Waals surface area contributed by atoms with Gasteiger partial charge in [-0.2, -0.15) is 5.10 Å². The summed E-state index contributed by atoms with van der Waals surface area (Å²) in [6.45, 7) is 3.55. The van der Waals surface area contributed by atoms with Gasteiger partial charge in [0.15, 0.2) is 11.5 Å². The van der Waals surface area contributed by atoms with E-state index in [4.69, 9.17) is 15.2 Å². The maximum absolute atomic E-state index is 5.89. The molecule has 1 aromatic carbocycles. The molecule has 0 amide bonds. The minimum absolute atomic E-state index is 0.466. The quantitative estimate of drug-likeness (QED) is 0.831. The van der Waals surface area contributed by atoms with Crippen molar-refractivity contribution in [3.8, 4) is 11.5 Å². The number of rotatable bonds is 7. The molecule has 2 rings (SSSR count). The summed E-state index contributed by atoms with van der Waals surface area (Å²) in [6, 6.07) is 5.87. The van der Waals surface area contributed by atoms with Crippen LogP contribution in [0.1, 0.15) is 18.2 Å². The molecule has 0 unspecified atom stereocenters. The Kier molecular flexibility index (Phi) is 5.64. The molecule has 0 saturated heterocycles. The maximum Gasteiger partial charge on any atom is 0.175 e. The highest BCUT2D eigenvalue weighted by molar-refractivity contribution is 9.10. The molecule has 0 fully saturated rings. The first-order chi connectivity index (χ1) is 10.2. The van der Waals surface area contributed by atoms with Gasteiger partial charge in [0.2, 0.25) is 0 Å². The van der Waals surface area contributed by atoms with E-state index in [0.29, 0.717) is 19.8 Å². The summed E-state index contributed by atoms with van der Waals surface area (Å²) in [5.74, 6) is 1.44. The van der Waals surface area contributed by atoms with Crippen LogP contribution in [0.2, 0.25) is 0 Å². The van der Waals surface area contributed by atoms with Gasteiger partial charge in [-0.05, 0) is 46.6 Å². The highest BCUT2D eigenvalue weighted by Gasteiger charge is 2.12. The number of ether oxygens (including phenoxy) is 2. The van der Waals surface area contributed by atoms with Gasteiger partial charge in [-0.3, -0.25) is 4.68 Å². The van der Waals surface area contributed by atoms with Crippen LogP contribution in [0.3, 0.4) is 0 Å². The molecule has 0 bridgehead atoms. The Bertz CT molecular complexity index is 599. The van der Waals surface area contributed by atoms with Crippen molar-refractivity contribution in [1.29, 1.82) is 0 Å². The third kappa shape index (κ3) is 3.98. The third-order valence-corrected chi connectivity index (χ3v) is 3.72. The molecule has 2 N–H and O–H groups in total. The first-order valence-corrected chi connectivity index (χ1v) is 7.70. The number of nitrogens with zero attached hydrogens (tertiary/aromatic N) is 2. The Hall–Kier alpha value is -1.53. The fourth-order valence-corrected chi connectivity index (χ4v) is 2.65. The van der Waals surface area contributed by atoms with E-state index in [1.54, 1.807) is 6.20 Å². The molecule has 0 atom stereocenters. The lowest BCUT2D eigenvalue weighted by Gasteiger charge is -2.15. The van der Waals surface area contributed by atoms with Gasteiger partial charge in [0.1, 0.15) is 0 Å². The number of aryl methyl sites for hydroxylation is 1. The Morgan fingerprint density at radius 2 is 2.14 bits per heavy atom. The van der Waals surface area contributed by atoms with E-state index in [-0.39, 0.29) is 0 Å². The van der Waals surface area contributed by atoms with Gasteiger partial charge < -0.3 is 15.2 Å². The average molecular weight is 354 g/mol. The van der Waals surface area contributed by atoms with E-state index < -0.39 is 0 Å². The van der Waals surface area contributed by atoms with Crippen LogP contribution in [0.25, 0.3) is 0 Å². The van der Waals surface area contributed by atoms with Crippen LogP contribution in [-0.4, -0.2) is 23.0 Å². The molecule has 0 aliphatic carbocycles. The van der Waals surface area contributed by atoms with E-state index in [2.05, 4.69) is 21.0 Å². The van der Waals surface area contributed by atoms with E-state index in [9.17, 15) is 0 Å². The van der Waals surface area contributed by atoms with Gasteiger partial charge in [0, 0.05) is 31.9 Å². The van der Waals surface area contributed by atoms with Crippen LogP contribution in [0, 0.1) is 0 Å². The molecule has 1 heterocycles. The topological polar surface area (TPSA) is 62.3 Å². The largest absolute Gasteiger partial charge is 0.490 e. The number of nitrogens with two attached hydrogens (primary N) is 1. The van der Waals surface area contributed by atoms with Gasteiger partial charge in [0.25, 0.3) is 0 Å². The van der Waals surface area contributed by atoms with Crippen molar-refractivity contribution in [2.45, 2.75) is 19.9 Å². The lowest BCUT2D eigenvalue weighted by molar-refractivity contribution is 0.276. The van der Waals surface area contributed by atoms with Crippen LogP contribution in [0.4, 0.5) is 0 Å². The summed E-state index contributed by atoms with van der Waals surface area (Å²) in [4.78, 5) is 0. The first kappa shape index (κ1) is 15.9. The second kappa shape index (κ2) is 7.47. The first-order valence-electron chi connectivity index (χ1n) is 6.90. The van der Waals surface area contributed by atoms with Crippen molar-refractivity contribution < 1.29 is 9.47 Å². The molecule has 114 valence electrons. The van der Waals surface area contributed by atoms with Gasteiger partial charge in [0.05, 0.1) is 17.7 Å². The summed E-state index contributed by atoms with van der Waals surface area (Å²) < 4.78 is 14.2. The summed E-state index contributed by atoms with van der Waals surface area (Å²) >= 11 is 3.52. The van der Waals surface area contributed by atoms with Crippen molar-refractivity contribution in [3.63, 3.8) is 0 Å². The predicted octanol–water partition coefficient (Wildman–Crippen LogP) is 2.66. The molecular weight excluding hydrogens is 334 g/mol. The van der Waals surface area contributed by atoms with Crippen LogP contribution in [0.5, 0.6) is 11.5 Å². The minimum Gasteiger partial charge on any atom is -0.490 e. The molecule has 21 heavy (non-hydrogen) atoms. The lowest BCUT2D eigenvalue weighted by atomic mass is 10.2. The van der Waals surface area contributed by atoms with Gasteiger partial charge in [-0.15, -0.1) is 0 Å². The van der Waals surface area contributed by atoms with Crippen LogP contribution in [-0.2, 0) is 20.0 Å². The maximum atomic E-state index is 5.89. The molecule has 1 aromatic heterocycles. The molecule has 0 aliphatic heterocycles. The van der Waals surface area contributed by atoms with Gasteiger partial charge in [-0.25, -0.2) is 0 Å². The van der Waals surface area contributed by atoms with Gasteiger partial charge >= 0.3 is 0 Å². The Labute approximate surface area is 133 Å². The molecule has 6 heteroatoms. The number of halogens is 1. The molecule has 5 nitrogen and oxygen atoms in total. The van der Waals surface area contributed by atoms with E-state index >= 15 is 0 Å². The normalized spacial score (nSPS) is 10.7. The second-order valence-corrected chi connectivity index (χ2v) is 5.44. The lowest BCUT2D eigenvalue weighted by Crippen LogP contribution is -2.08. The van der Waals surface area contributed by atoms with Crippen molar-refractivity contribution in [2.75, 3.05) is 13.2 Å². The SMILES string of the molecule is CCOc1cc(CN)cc(Br)c1OCCc1ccnn1C. The number of hydrogen-bond donors (Lipinski definition) is 1. The summed E-state index contributed by atoms with van der Waals surface area (Å²) in [5, 5.41) is 4.14. The summed E-state index contributed by atoms with van der Waals surface area (Å²) in [6.07, 6.45) is 2.57. The summed E-state index contributed by atoms with van der Waals surface area (Å²) in [5.41, 5.74) is 7.82. The number of hydrogen-bond acceptors (Lipinski definition) is 4. The Morgan fingerprint density at radius 3 is 2.76 bits per heavy atom. The molecule has 0 saturated carbocycles. The Morgan fingerprint density at radius 1 is 1.33 bits per heavy atom. The Balaban J connectivity index is 2.09. The molecular formula is C15H20BrN3O2. The number of aromatic nitrogens is 2. The van der Waals surface area contributed by atoms with Crippen LogP contribution < -0.4 is 15.2 Å². The molecule has 0 radical (unpaired) electrons. The second-order valence-electron chi connectivity index (χ2n) is 4.59.